The smallest absolute Gasteiger partial charge is 0.0313 e. The Morgan fingerprint density at radius 3 is 0.467 bits per heavy atom. The first-order valence-electron chi connectivity index (χ1n) is 10.3. The molecule has 1 rings (SSSR count). The second kappa shape index (κ2) is 21.7. The molecule has 0 fully saturated rings. The first-order chi connectivity index (χ1) is 15.0. The van der Waals surface area contributed by atoms with Gasteiger partial charge in [0.1, 0.15) is 0 Å². The molecule has 30 heavy (non-hydrogen) atoms. The van der Waals surface area contributed by atoms with Crippen LogP contribution in [0.4, 0.5) is 0 Å². The summed E-state index contributed by atoms with van der Waals surface area (Å²) in [7, 11) is 0. The Balaban J connectivity index is 2.61. The van der Waals surface area contributed by atoms with E-state index < -0.39 is 0 Å². The molecule has 0 nitrogen and oxygen atoms in total. The molecular formula is C30H32. The maximum absolute atomic E-state index is 2.18. The van der Waals surface area contributed by atoms with Gasteiger partial charge < -0.3 is 0 Å². The highest BCUT2D eigenvalue weighted by atomic mass is 13.8. The number of hydrogen-bond acceptors (Lipinski definition) is 0. The van der Waals surface area contributed by atoms with Crippen LogP contribution in [0.15, 0.2) is 170 Å². The van der Waals surface area contributed by atoms with Gasteiger partial charge in [-0.2, -0.15) is 0 Å². The van der Waals surface area contributed by atoms with Crippen molar-refractivity contribution in [3.05, 3.63) is 170 Å². The van der Waals surface area contributed by atoms with E-state index in [9.17, 15) is 0 Å². The second-order valence-corrected chi connectivity index (χ2v) is 6.05. The van der Waals surface area contributed by atoms with Crippen molar-refractivity contribution in [2.75, 3.05) is 0 Å². The monoisotopic (exact) mass is 392 g/mol. The number of hydrogen-bond donors (Lipinski definition) is 0. The fourth-order valence-electron chi connectivity index (χ4n) is 2.08. The maximum atomic E-state index is 2.18. The predicted octanol–water partition coefficient (Wildman–Crippen LogP) is 8.57. The van der Waals surface area contributed by atoms with Crippen LogP contribution < -0.4 is 0 Å². The van der Waals surface area contributed by atoms with Crippen molar-refractivity contribution in [3.8, 4) is 0 Å². The van der Waals surface area contributed by atoms with Gasteiger partial charge in [-0.25, -0.2) is 0 Å². The van der Waals surface area contributed by atoms with Gasteiger partial charge in [0.25, 0.3) is 0 Å². The lowest BCUT2D eigenvalue weighted by Crippen LogP contribution is -1.63. The normalized spacial score (nSPS) is 29.3. The van der Waals surface area contributed by atoms with Crippen molar-refractivity contribution in [2.45, 2.75) is 12.8 Å². The summed E-state index contributed by atoms with van der Waals surface area (Å²) in [4.78, 5) is 0. The number of allylic oxidation sites excluding steroid dienone is 28. The summed E-state index contributed by atoms with van der Waals surface area (Å²) in [6.45, 7) is 0. The van der Waals surface area contributed by atoms with Crippen molar-refractivity contribution in [2.24, 2.45) is 0 Å². The van der Waals surface area contributed by atoms with E-state index in [0.717, 1.165) is 12.8 Å². The molecule has 0 saturated heterocycles. The molecule has 0 bridgehead atoms. The van der Waals surface area contributed by atoms with Crippen molar-refractivity contribution < 1.29 is 0 Å². The van der Waals surface area contributed by atoms with Crippen LogP contribution in [0.25, 0.3) is 0 Å². The summed E-state index contributed by atoms with van der Waals surface area (Å²) in [6.07, 6.45) is 59.0. The van der Waals surface area contributed by atoms with E-state index in [-0.39, 0.29) is 0 Å². The largest absolute Gasteiger partial charge is 0.0842 e. The minimum absolute atomic E-state index is 1.04. The van der Waals surface area contributed by atoms with Gasteiger partial charge in [-0.3, -0.25) is 0 Å². The van der Waals surface area contributed by atoms with Crippen LogP contribution in [0.5, 0.6) is 0 Å². The topological polar surface area (TPSA) is 0 Å². The molecular weight excluding hydrogens is 360 g/mol. The Morgan fingerprint density at radius 1 is 0.167 bits per heavy atom. The lowest BCUT2D eigenvalue weighted by atomic mass is 10.2. The molecule has 0 aromatic heterocycles. The van der Waals surface area contributed by atoms with E-state index in [1.54, 1.807) is 0 Å². The van der Waals surface area contributed by atoms with E-state index >= 15 is 0 Å². The average molecular weight is 393 g/mol. The molecule has 0 aromatic rings. The van der Waals surface area contributed by atoms with Crippen LogP contribution in [-0.4, -0.2) is 0 Å². The van der Waals surface area contributed by atoms with Crippen molar-refractivity contribution >= 4 is 0 Å². The van der Waals surface area contributed by atoms with Gasteiger partial charge in [-0.05, 0) is 12.8 Å². The van der Waals surface area contributed by atoms with Crippen LogP contribution in [0.2, 0.25) is 0 Å². The molecule has 1 aliphatic rings. The minimum atomic E-state index is 1.04. The third-order valence-electron chi connectivity index (χ3n) is 3.55. The van der Waals surface area contributed by atoms with Gasteiger partial charge >= 0.3 is 0 Å². The first-order valence-corrected chi connectivity index (χ1v) is 10.3. The summed E-state index contributed by atoms with van der Waals surface area (Å²) < 4.78 is 0. The fourth-order valence-corrected chi connectivity index (χ4v) is 2.08. The Kier molecular flexibility index (Phi) is 17.6. The molecule has 0 heteroatoms. The molecule has 152 valence electrons. The third kappa shape index (κ3) is 19.1. The Labute approximate surface area is 183 Å². The third-order valence-corrected chi connectivity index (χ3v) is 3.55. The molecule has 0 N–H and O–H groups in total. The summed E-state index contributed by atoms with van der Waals surface area (Å²) in [5.41, 5.74) is 0. The second-order valence-electron chi connectivity index (χ2n) is 6.05. The van der Waals surface area contributed by atoms with E-state index in [0.29, 0.717) is 0 Å². The quantitative estimate of drug-likeness (QED) is 0.387. The van der Waals surface area contributed by atoms with Crippen molar-refractivity contribution in [1.29, 1.82) is 0 Å². The highest BCUT2D eigenvalue weighted by molar-refractivity contribution is 5.23. The molecule has 0 spiro atoms. The van der Waals surface area contributed by atoms with Gasteiger partial charge in [0, 0.05) is 0 Å². The molecule has 0 atom stereocenters. The molecule has 0 unspecified atom stereocenters. The zero-order chi connectivity index (χ0) is 21.2. The van der Waals surface area contributed by atoms with Gasteiger partial charge in [0.2, 0.25) is 0 Å². The Morgan fingerprint density at radius 2 is 0.300 bits per heavy atom. The summed E-state index contributed by atoms with van der Waals surface area (Å²) in [5.74, 6) is 0. The van der Waals surface area contributed by atoms with Crippen LogP contribution in [0.1, 0.15) is 12.8 Å². The summed E-state index contributed by atoms with van der Waals surface area (Å²) in [6, 6.07) is 0. The highest BCUT2D eigenvalue weighted by Gasteiger charge is 1.74. The Hall–Kier alpha value is -3.64. The highest BCUT2D eigenvalue weighted by Crippen LogP contribution is 1.94. The standard InChI is InChI=1S/C30H32/c1-2-4-6-8-10-12-14-16-18-20-22-24-26-28-30-29-27-25-23-21-19-17-15-13-11-9-7-5-3-1/h1-28H,29-30H2/b3-1-,4-2-,7-5-,8-6-,11-9-,12-10-,15-13-,16-14-,19-17-,20-18-,23-21-,24-22-,27-25?,28-26?. The molecule has 1 aliphatic carbocycles. The van der Waals surface area contributed by atoms with E-state index in [4.69, 9.17) is 0 Å². The molecule has 0 radical (unpaired) electrons. The van der Waals surface area contributed by atoms with Crippen LogP contribution >= 0.6 is 0 Å². The van der Waals surface area contributed by atoms with Crippen molar-refractivity contribution in [3.63, 3.8) is 0 Å². The van der Waals surface area contributed by atoms with Crippen LogP contribution in [-0.2, 0) is 0 Å². The molecule has 0 aromatic carbocycles. The van der Waals surface area contributed by atoms with E-state index in [1.807, 2.05) is 134 Å². The van der Waals surface area contributed by atoms with Gasteiger partial charge in [-0.1, -0.05) is 170 Å². The summed E-state index contributed by atoms with van der Waals surface area (Å²) >= 11 is 0. The van der Waals surface area contributed by atoms with Crippen LogP contribution in [0.3, 0.4) is 0 Å². The van der Waals surface area contributed by atoms with Gasteiger partial charge in [0.15, 0.2) is 0 Å². The zero-order valence-corrected chi connectivity index (χ0v) is 17.6. The Bertz CT molecular complexity index is 760. The average Bonchev–Trinajstić information content (AvgIpc) is 2.76. The molecule has 0 amide bonds. The molecule has 0 heterocycles. The lowest BCUT2D eigenvalue weighted by molar-refractivity contribution is 1.05. The van der Waals surface area contributed by atoms with Gasteiger partial charge in [0.05, 0.1) is 0 Å². The molecule has 0 saturated carbocycles. The SMILES string of the molecule is C1=CCCC=C\C=C/C=C\C=C/C=C\C=C/C=C\C=C/C=C\C=C/C=C\C=C/C=C\1. The van der Waals surface area contributed by atoms with E-state index in [1.165, 1.54) is 0 Å². The minimum Gasteiger partial charge on any atom is -0.0842 e. The first kappa shape index (κ1) is 24.4. The number of rotatable bonds is 0. The van der Waals surface area contributed by atoms with Crippen molar-refractivity contribution in [1.82, 2.24) is 0 Å². The summed E-state index contributed by atoms with van der Waals surface area (Å²) in [5, 5.41) is 0. The van der Waals surface area contributed by atoms with E-state index in [2.05, 4.69) is 36.5 Å². The fraction of sp³-hybridized carbons (Fsp3) is 0.0667. The maximum Gasteiger partial charge on any atom is -0.0313 e. The van der Waals surface area contributed by atoms with Crippen LogP contribution in [0, 0.1) is 0 Å². The van der Waals surface area contributed by atoms with Gasteiger partial charge in [-0.15, -0.1) is 0 Å². The predicted molar refractivity (Wildman–Crippen MR) is 137 cm³/mol. The molecule has 0 aliphatic heterocycles. The lowest BCUT2D eigenvalue weighted by Gasteiger charge is -1.84. The zero-order valence-electron chi connectivity index (χ0n) is 17.6.